The van der Waals surface area contributed by atoms with E-state index < -0.39 is 28.8 Å². The number of hydrogen-bond donors (Lipinski definition) is 2. The quantitative estimate of drug-likeness (QED) is 0.397. The summed E-state index contributed by atoms with van der Waals surface area (Å²) in [6.07, 6.45) is 4.62. The molecule has 0 amide bonds. The van der Waals surface area contributed by atoms with Crippen LogP contribution in [0.25, 0.3) is 0 Å². The fourth-order valence-electron chi connectivity index (χ4n) is 2.69. The van der Waals surface area contributed by atoms with Gasteiger partial charge in [0, 0.05) is 0 Å². The summed E-state index contributed by atoms with van der Waals surface area (Å²) in [5, 5.41) is 20.0. The molecular weight excluding hydrogens is 352 g/mol. The molecule has 5 nitrogen and oxygen atoms in total. The smallest absolute Gasteiger partial charge is 0.183 e. The molecule has 0 radical (unpaired) electrons. The molecule has 144 valence electrons. The lowest BCUT2D eigenvalue weighted by Crippen LogP contribution is -2.46. The Hall–Kier alpha value is -0.866. The van der Waals surface area contributed by atoms with Gasteiger partial charge in [0.25, 0.3) is 0 Å². The van der Waals surface area contributed by atoms with Crippen LogP contribution in [0.5, 0.6) is 0 Å². The summed E-state index contributed by atoms with van der Waals surface area (Å²) >= 11 is 0. The molecule has 0 aliphatic carbocycles. The van der Waals surface area contributed by atoms with Crippen LogP contribution in [0.3, 0.4) is 0 Å². The molecule has 0 aromatic heterocycles. The fraction of sp³-hybridized carbons (Fsp3) is 0.667. The molecule has 2 unspecified atom stereocenters. The van der Waals surface area contributed by atoms with E-state index in [0.717, 1.165) is 0 Å². The van der Waals surface area contributed by atoms with E-state index in [-0.39, 0.29) is 11.6 Å². The van der Waals surface area contributed by atoms with Gasteiger partial charge in [0.05, 0.1) is 0 Å². The first kappa shape index (κ1) is 24.1. The number of aliphatic hydroxyl groups excluding tert-OH is 2. The van der Waals surface area contributed by atoms with Crippen molar-refractivity contribution in [1.82, 2.24) is 0 Å². The number of ketones is 2. The van der Waals surface area contributed by atoms with Gasteiger partial charge in [-0.25, -0.2) is 0 Å². The van der Waals surface area contributed by atoms with E-state index in [2.05, 4.69) is 26.2 Å². The van der Waals surface area contributed by atoms with Crippen molar-refractivity contribution in [2.45, 2.75) is 77.2 Å². The zero-order valence-electron chi connectivity index (χ0n) is 16.4. The van der Waals surface area contributed by atoms with E-state index in [1.54, 1.807) is 26.0 Å². The largest absolute Gasteiger partial charge is 0.456 e. The summed E-state index contributed by atoms with van der Waals surface area (Å²) in [6, 6.07) is 1.23. The first-order valence-corrected chi connectivity index (χ1v) is 15.1. The molecule has 0 aliphatic rings. The molecule has 0 bridgehead atoms. The summed E-state index contributed by atoms with van der Waals surface area (Å²) in [6.45, 7) is 11.8. The van der Waals surface area contributed by atoms with Crippen molar-refractivity contribution < 1.29 is 23.9 Å². The highest BCUT2D eigenvalue weighted by Gasteiger charge is 2.35. The molecular formula is C18H34O5Si2. The van der Waals surface area contributed by atoms with Gasteiger partial charge in [-0.3, -0.25) is 9.59 Å². The van der Waals surface area contributed by atoms with Crippen molar-refractivity contribution in [3.8, 4) is 0 Å². The Balaban J connectivity index is 4.94. The second-order valence-corrected chi connectivity index (χ2v) is 16.5. The van der Waals surface area contributed by atoms with Gasteiger partial charge in [-0.2, -0.15) is 0 Å². The van der Waals surface area contributed by atoms with Crippen LogP contribution in [-0.2, 0) is 13.7 Å². The van der Waals surface area contributed by atoms with Crippen molar-refractivity contribution in [3.05, 3.63) is 24.3 Å². The predicted molar refractivity (Wildman–Crippen MR) is 107 cm³/mol. The lowest BCUT2D eigenvalue weighted by atomic mass is 10.2. The minimum Gasteiger partial charge on any atom is -0.456 e. The lowest BCUT2D eigenvalue weighted by molar-refractivity contribution is -0.122. The average molecular weight is 387 g/mol. The summed E-state index contributed by atoms with van der Waals surface area (Å²) < 4.78 is 6.40. The summed E-state index contributed by atoms with van der Waals surface area (Å²) in [5.41, 5.74) is 0. The van der Waals surface area contributed by atoms with Crippen LogP contribution in [-0.4, -0.2) is 50.6 Å². The minimum atomic E-state index is -2.26. The van der Waals surface area contributed by atoms with Crippen LogP contribution < -0.4 is 0 Å². The normalized spacial score (nSPS) is 17.6. The van der Waals surface area contributed by atoms with E-state index >= 15 is 0 Å². The number of rotatable bonds is 12. The standard InChI is InChI=1S/C18H34O5Si2/c1-7-9-15(19)17(21)11-13-25(6,23-24(3,4)5)14-12-18(22)16(20)10-8-2/h7-10,17-18,21-22H,11-14H2,1-6H3. The van der Waals surface area contributed by atoms with Gasteiger partial charge < -0.3 is 14.3 Å². The molecule has 0 heterocycles. The maximum atomic E-state index is 11.7. The molecule has 0 spiro atoms. The van der Waals surface area contributed by atoms with Gasteiger partial charge in [-0.1, -0.05) is 12.2 Å². The number of carbonyl (C=O) groups is 2. The molecule has 2 N–H and O–H groups in total. The van der Waals surface area contributed by atoms with Crippen molar-refractivity contribution in [2.75, 3.05) is 0 Å². The van der Waals surface area contributed by atoms with Crippen molar-refractivity contribution in [2.24, 2.45) is 0 Å². The van der Waals surface area contributed by atoms with Gasteiger partial charge in [0.1, 0.15) is 12.2 Å². The molecule has 0 aromatic carbocycles. The lowest BCUT2D eigenvalue weighted by Gasteiger charge is -2.35. The van der Waals surface area contributed by atoms with Gasteiger partial charge in [-0.05, 0) is 77.1 Å². The second kappa shape index (κ2) is 11.0. The molecule has 7 heteroatoms. The molecule has 25 heavy (non-hydrogen) atoms. The average Bonchev–Trinajstić information content (AvgIpc) is 2.49. The first-order valence-electron chi connectivity index (χ1n) is 8.83. The van der Waals surface area contributed by atoms with Crippen molar-refractivity contribution in [1.29, 1.82) is 0 Å². The first-order chi connectivity index (χ1) is 11.4. The molecule has 0 rings (SSSR count). The van der Waals surface area contributed by atoms with Gasteiger partial charge in [0.15, 0.2) is 28.2 Å². The Morgan fingerprint density at radius 3 is 1.52 bits per heavy atom. The Bertz CT molecular complexity index is 460. The van der Waals surface area contributed by atoms with Crippen LogP contribution in [0, 0.1) is 0 Å². The predicted octanol–water partition coefficient (Wildman–Crippen LogP) is 3.21. The summed E-state index contributed by atoms with van der Waals surface area (Å²) in [4.78, 5) is 23.5. The Labute approximate surface area is 154 Å². The van der Waals surface area contributed by atoms with Crippen LogP contribution >= 0.6 is 0 Å². The van der Waals surface area contributed by atoms with E-state index in [9.17, 15) is 19.8 Å². The monoisotopic (exact) mass is 386 g/mol. The number of allylic oxidation sites excluding steroid dienone is 2. The Morgan fingerprint density at radius 1 is 0.880 bits per heavy atom. The third kappa shape index (κ3) is 10.7. The molecule has 0 aromatic rings. The molecule has 0 aliphatic heterocycles. The third-order valence-electron chi connectivity index (χ3n) is 3.76. The van der Waals surface area contributed by atoms with Crippen molar-refractivity contribution >= 4 is 28.2 Å². The molecule has 0 fully saturated rings. The van der Waals surface area contributed by atoms with Gasteiger partial charge in [-0.15, -0.1) is 0 Å². The van der Waals surface area contributed by atoms with E-state index in [0.29, 0.717) is 24.9 Å². The number of carbonyl (C=O) groups excluding carboxylic acids is 2. The maximum absolute atomic E-state index is 11.7. The number of aliphatic hydroxyl groups is 2. The van der Waals surface area contributed by atoms with E-state index in [4.69, 9.17) is 4.12 Å². The van der Waals surface area contributed by atoms with Crippen LogP contribution in [0.15, 0.2) is 24.3 Å². The fourth-order valence-corrected chi connectivity index (χ4v) is 11.4. The van der Waals surface area contributed by atoms with Crippen LogP contribution in [0.1, 0.15) is 26.7 Å². The highest BCUT2D eigenvalue weighted by atomic mass is 28.4. The Morgan fingerprint density at radius 2 is 1.24 bits per heavy atom. The van der Waals surface area contributed by atoms with Gasteiger partial charge in [0.2, 0.25) is 0 Å². The third-order valence-corrected chi connectivity index (χ3v) is 10.9. The van der Waals surface area contributed by atoms with Crippen LogP contribution in [0.2, 0.25) is 38.3 Å². The highest BCUT2D eigenvalue weighted by Crippen LogP contribution is 2.27. The zero-order chi connectivity index (χ0) is 19.7. The Kier molecular flexibility index (Phi) is 10.6. The molecule has 2 atom stereocenters. The molecule has 0 saturated carbocycles. The van der Waals surface area contributed by atoms with E-state index in [1.165, 1.54) is 12.2 Å². The van der Waals surface area contributed by atoms with Crippen LogP contribution in [0.4, 0.5) is 0 Å². The summed E-state index contributed by atoms with van der Waals surface area (Å²) in [5.74, 6) is -0.592. The van der Waals surface area contributed by atoms with Crippen molar-refractivity contribution in [3.63, 3.8) is 0 Å². The van der Waals surface area contributed by atoms with E-state index in [1.807, 2.05) is 0 Å². The zero-order valence-corrected chi connectivity index (χ0v) is 18.4. The molecule has 0 saturated heterocycles. The number of hydrogen-bond acceptors (Lipinski definition) is 5. The second-order valence-electron chi connectivity index (χ2n) is 7.58. The maximum Gasteiger partial charge on any atom is 0.183 e. The minimum absolute atomic E-state index is 0.296. The highest BCUT2D eigenvalue weighted by molar-refractivity contribution is 6.84. The van der Waals surface area contributed by atoms with Gasteiger partial charge >= 0.3 is 0 Å². The summed E-state index contributed by atoms with van der Waals surface area (Å²) in [7, 11) is -4.08. The SMILES string of the molecule is CC=CC(=O)C(O)CC[Si](C)(CCC(O)C(=O)C=CC)O[Si](C)(C)C. The topological polar surface area (TPSA) is 83.8 Å².